The summed E-state index contributed by atoms with van der Waals surface area (Å²) in [4.78, 5) is 27.0. The summed E-state index contributed by atoms with van der Waals surface area (Å²) in [6, 6.07) is 21.5. The molecule has 2 aromatic carbocycles. The van der Waals surface area contributed by atoms with Crippen molar-refractivity contribution in [1.29, 1.82) is 0 Å². The van der Waals surface area contributed by atoms with E-state index in [-0.39, 0.29) is 57.5 Å². The summed E-state index contributed by atoms with van der Waals surface area (Å²) in [5.74, 6) is -1.16. The fourth-order valence-corrected chi connectivity index (χ4v) is 15.6. The van der Waals surface area contributed by atoms with Crippen molar-refractivity contribution in [2.45, 2.75) is 149 Å². The average Bonchev–Trinajstić information content (AvgIpc) is 3.26. The van der Waals surface area contributed by atoms with Crippen LogP contribution >= 0.6 is 0 Å². The second-order valence-corrected chi connectivity index (χ2v) is 34.2. The zero-order chi connectivity index (χ0) is 40.4. The van der Waals surface area contributed by atoms with E-state index in [0.29, 0.717) is 13.0 Å². The van der Waals surface area contributed by atoms with Crippen molar-refractivity contribution in [1.82, 2.24) is 0 Å². The van der Waals surface area contributed by atoms with Crippen LogP contribution < -0.4 is 10.4 Å². The van der Waals surface area contributed by atoms with Gasteiger partial charge in [0, 0.05) is 24.4 Å². The number of methoxy groups -OCH3 is 1. The lowest BCUT2D eigenvalue weighted by Gasteiger charge is -2.48. The van der Waals surface area contributed by atoms with Crippen molar-refractivity contribution in [3.63, 3.8) is 0 Å². The van der Waals surface area contributed by atoms with Gasteiger partial charge in [-0.1, -0.05) is 144 Å². The van der Waals surface area contributed by atoms with Crippen LogP contribution in [0.15, 0.2) is 60.7 Å². The minimum Gasteiger partial charge on any atom is -0.469 e. The van der Waals surface area contributed by atoms with Crippen LogP contribution in [0, 0.1) is 29.1 Å². The average molecular weight is 783 g/mol. The highest BCUT2D eigenvalue weighted by atomic mass is 28.4. The maximum Gasteiger partial charge on any atom is 0.309 e. The van der Waals surface area contributed by atoms with Gasteiger partial charge in [-0.25, -0.2) is 0 Å². The number of hydrogen-bond acceptors (Lipinski definition) is 6. The molecular weight excluding hydrogens is 709 g/mol. The highest BCUT2D eigenvalue weighted by molar-refractivity contribution is 6.99. The summed E-state index contributed by atoms with van der Waals surface area (Å²) in [7, 11) is -6.00. The molecule has 9 heteroatoms. The van der Waals surface area contributed by atoms with Crippen molar-refractivity contribution < 1.29 is 27.6 Å². The fraction of sp³-hybridized carbons (Fsp3) is 0.682. The van der Waals surface area contributed by atoms with Crippen molar-refractivity contribution in [3.05, 3.63) is 60.7 Å². The molecule has 0 radical (unpaired) electrons. The first kappa shape index (κ1) is 45.5. The minimum atomic E-state index is -3.09. The van der Waals surface area contributed by atoms with Gasteiger partial charge in [-0.15, -0.1) is 0 Å². The largest absolute Gasteiger partial charge is 0.469 e. The van der Waals surface area contributed by atoms with Crippen LogP contribution in [-0.4, -0.2) is 63.1 Å². The van der Waals surface area contributed by atoms with Crippen LogP contribution in [0.5, 0.6) is 0 Å². The number of esters is 1. The molecule has 6 nitrogen and oxygen atoms in total. The molecule has 0 N–H and O–H groups in total. The fourth-order valence-electron chi connectivity index (χ4n) is 8.22. The normalized spacial score (nSPS) is 24.5. The van der Waals surface area contributed by atoms with Gasteiger partial charge >= 0.3 is 5.97 Å². The molecule has 53 heavy (non-hydrogen) atoms. The number of hydrogen-bond donors (Lipinski definition) is 0. The standard InChI is InChI=1S/C44H74O6Si3/c1-32(31-48-51(14,15)41(3,4)5)30-36(49-53(43(9,10)11,34-24-20-18-21-25-34)35-26-22-19-23-27-35)37-33(2)39(50-52(16,17)42(6,7)8)44(12,28-29-45)38(37)40(46)47-13/h18-27,29,32-33,36-39H,28,30-31H2,1-17H3/t32-,33-,36-,37+,38+,39+,44-/m0/s1. The first-order valence-corrected chi connectivity index (χ1v) is 27.6. The Balaban J connectivity index is 2.37. The molecule has 0 amide bonds. The molecule has 298 valence electrons. The molecule has 1 aliphatic rings. The lowest BCUT2D eigenvalue weighted by atomic mass is 9.72. The van der Waals surface area contributed by atoms with Crippen LogP contribution in [0.25, 0.3) is 0 Å². The van der Waals surface area contributed by atoms with Crippen LogP contribution in [0.1, 0.15) is 95.9 Å². The number of carbonyl (C=O) groups excluding carboxylic acids is 2. The molecule has 1 fully saturated rings. The van der Waals surface area contributed by atoms with E-state index in [0.717, 1.165) is 6.29 Å². The minimum absolute atomic E-state index is 0.0614. The van der Waals surface area contributed by atoms with Crippen LogP contribution in [0.3, 0.4) is 0 Å². The maximum absolute atomic E-state index is 14.4. The van der Waals surface area contributed by atoms with Crippen LogP contribution in [-0.2, 0) is 27.6 Å². The molecule has 0 bridgehead atoms. The third-order valence-corrected chi connectivity index (χ3v) is 27.4. The van der Waals surface area contributed by atoms with Crippen molar-refractivity contribution in [3.8, 4) is 0 Å². The molecule has 0 unspecified atom stereocenters. The van der Waals surface area contributed by atoms with Gasteiger partial charge in [0.05, 0.1) is 25.2 Å². The van der Waals surface area contributed by atoms with Crippen LogP contribution in [0.2, 0.25) is 41.3 Å². The summed E-state index contributed by atoms with van der Waals surface area (Å²) < 4.78 is 28.0. The molecule has 7 atom stereocenters. The molecule has 0 heterocycles. The number of ether oxygens (including phenoxy) is 1. The quantitative estimate of drug-likeness (QED) is 0.102. The Labute approximate surface area is 326 Å². The predicted molar refractivity (Wildman–Crippen MR) is 228 cm³/mol. The van der Waals surface area contributed by atoms with Gasteiger partial charge in [0.25, 0.3) is 8.32 Å². The first-order valence-electron chi connectivity index (χ1n) is 19.8. The first-order chi connectivity index (χ1) is 24.2. The molecule has 3 rings (SSSR count). The van der Waals surface area contributed by atoms with Gasteiger partial charge in [0.1, 0.15) is 6.29 Å². The Hall–Kier alpha value is -1.89. The van der Waals surface area contributed by atoms with E-state index in [9.17, 15) is 9.59 Å². The summed E-state index contributed by atoms with van der Waals surface area (Å²) in [5, 5.41) is 2.13. The SMILES string of the molecule is COC(=O)[C@H]1[C@@H]([C@H](C[C@H](C)CO[Si](C)(C)C(C)(C)C)O[Si](c2ccccc2)(c2ccccc2)C(C)(C)C)[C@H](C)[C@@H](O[Si](C)(C)C(C)(C)C)[C@@]1(C)CC=O. The Morgan fingerprint density at radius 1 is 0.811 bits per heavy atom. The molecule has 0 aliphatic heterocycles. The Kier molecular flexibility index (Phi) is 14.3. The van der Waals surface area contributed by atoms with E-state index in [1.807, 2.05) is 0 Å². The summed E-state index contributed by atoms with van der Waals surface area (Å²) in [6.45, 7) is 36.8. The van der Waals surface area contributed by atoms with Gasteiger partial charge in [-0.05, 0) is 69.9 Å². The van der Waals surface area contributed by atoms with Gasteiger partial charge in [0.15, 0.2) is 16.6 Å². The van der Waals surface area contributed by atoms with E-state index in [2.05, 4.69) is 170 Å². The van der Waals surface area contributed by atoms with Crippen LogP contribution in [0.4, 0.5) is 0 Å². The molecule has 1 saturated carbocycles. The Morgan fingerprint density at radius 3 is 1.68 bits per heavy atom. The molecule has 2 aromatic rings. The third kappa shape index (κ3) is 9.40. The highest BCUT2D eigenvalue weighted by Gasteiger charge is 2.64. The van der Waals surface area contributed by atoms with Crippen molar-refractivity contribution >= 4 is 47.6 Å². The van der Waals surface area contributed by atoms with Gasteiger partial charge in [-0.3, -0.25) is 4.79 Å². The highest BCUT2D eigenvalue weighted by Crippen LogP contribution is 2.58. The zero-order valence-corrected chi connectivity index (χ0v) is 39.4. The number of rotatable bonds is 15. The van der Waals surface area contributed by atoms with E-state index < -0.39 is 36.3 Å². The Morgan fingerprint density at radius 2 is 1.28 bits per heavy atom. The van der Waals surface area contributed by atoms with Crippen molar-refractivity contribution in [2.24, 2.45) is 29.1 Å². The lowest BCUT2D eigenvalue weighted by Crippen LogP contribution is -2.68. The smallest absolute Gasteiger partial charge is 0.309 e. The van der Waals surface area contributed by atoms with E-state index in [1.54, 1.807) is 0 Å². The van der Waals surface area contributed by atoms with Gasteiger partial charge in [-0.2, -0.15) is 0 Å². The topological polar surface area (TPSA) is 71.1 Å². The van der Waals surface area contributed by atoms with E-state index >= 15 is 0 Å². The van der Waals surface area contributed by atoms with E-state index in [4.69, 9.17) is 18.0 Å². The Bertz CT molecular complexity index is 1450. The van der Waals surface area contributed by atoms with Crippen molar-refractivity contribution in [2.75, 3.05) is 13.7 Å². The van der Waals surface area contributed by atoms with Gasteiger partial charge in [0.2, 0.25) is 0 Å². The monoisotopic (exact) mass is 782 g/mol. The molecular formula is C44H74O6Si3. The van der Waals surface area contributed by atoms with E-state index in [1.165, 1.54) is 17.5 Å². The number of carbonyl (C=O) groups is 2. The second-order valence-electron chi connectivity index (χ2n) is 20.3. The molecule has 0 aromatic heterocycles. The lowest BCUT2D eigenvalue weighted by molar-refractivity contribution is -0.154. The predicted octanol–water partition coefficient (Wildman–Crippen LogP) is 10.0. The zero-order valence-electron chi connectivity index (χ0n) is 36.4. The molecule has 0 spiro atoms. The number of aldehydes is 1. The maximum atomic E-state index is 14.4. The molecule has 0 saturated heterocycles. The number of benzene rings is 2. The van der Waals surface area contributed by atoms with Gasteiger partial charge < -0.3 is 22.8 Å². The second kappa shape index (κ2) is 16.7. The summed E-state index contributed by atoms with van der Waals surface area (Å²) in [5.41, 5.74) is -0.789. The summed E-state index contributed by atoms with van der Waals surface area (Å²) in [6.07, 6.45) is 1.15. The molecule has 1 aliphatic carbocycles. The summed E-state index contributed by atoms with van der Waals surface area (Å²) >= 11 is 0. The third-order valence-electron chi connectivity index (χ3n) is 13.4.